The normalized spacial score (nSPS) is 23.2. The Morgan fingerprint density at radius 1 is 1.16 bits per heavy atom. The molecule has 0 aromatic carbocycles. The lowest BCUT2D eigenvalue weighted by molar-refractivity contribution is 0.559. The van der Waals surface area contributed by atoms with E-state index in [4.69, 9.17) is 5.73 Å². The second-order valence-electron chi connectivity index (χ2n) is 5.38. The van der Waals surface area contributed by atoms with Gasteiger partial charge in [-0.3, -0.25) is 0 Å². The summed E-state index contributed by atoms with van der Waals surface area (Å²) in [5.74, 6) is 2.96. The first-order valence-electron chi connectivity index (χ1n) is 6.63. The van der Waals surface area contributed by atoms with E-state index in [9.17, 15) is 8.42 Å². The number of anilines is 2. The molecule has 7 heteroatoms. The van der Waals surface area contributed by atoms with Crippen molar-refractivity contribution in [1.29, 1.82) is 0 Å². The zero-order valence-electron chi connectivity index (χ0n) is 10.7. The Morgan fingerprint density at radius 2 is 1.84 bits per heavy atom. The summed E-state index contributed by atoms with van der Waals surface area (Å²) >= 11 is 0. The predicted octanol–water partition coefficient (Wildman–Crippen LogP) is 0.925. The van der Waals surface area contributed by atoms with Crippen LogP contribution < -0.4 is 11.1 Å². The van der Waals surface area contributed by atoms with Gasteiger partial charge in [0, 0.05) is 18.0 Å². The first-order chi connectivity index (χ1) is 9.02. The highest BCUT2D eigenvalue weighted by Gasteiger charge is 2.28. The van der Waals surface area contributed by atoms with Crippen LogP contribution in [0, 0.1) is 0 Å². The maximum atomic E-state index is 11.4. The second-order valence-corrected chi connectivity index (χ2v) is 7.68. The molecule has 0 radical (unpaired) electrons. The van der Waals surface area contributed by atoms with Crippen LogP contribution in [-0.2, 0) is 9.84 Å². The minimum atomic E-state index is -2.83. The molecule has 19 heavy (non-hydrogen) atoms. The third kappa shape index (κ3) is 3.15. The number of nitrogens with two attached hydrogens (primary N) is 1. The molecule has 6 nitrogen and oxygen atoms in total. The number of aromatic nitrogens is 2. The summed E-state index contributed by atoms with van der Waals surface area (Å²) in [6.45, 7) is 0. The van der Waals surface area contributed by atoms with E-state index >= 15 is 0 Å². The van der Waals surface area contributed by atoms with Crippen LogP contribution in [0.5, 0.6) is 0 Å². The van der Waals surface area contributed by atoms with Crippen LogP contribution in [-0.4, -0.2) is 35.9 Å². The smallest absolute Gasteiger partial charge is 0.150 e. The summed E-state index contributed by atoms with van der Waals surface area (Å²) in [6, 6.07) is 1.87. The first-order valence-corrected chi connectivity index (χ1v) is 8.45. The van der Waals surface area contributed by atoms with E-state index in [0.29, 0.717) is 24.6 Å². The summed E-state index contributed by atoms with van der Waals surface area (Å²) in [6.07, 6.45) is 3.52. The molecule has 1 saturated heterocycles. The lowest BCUT2D eigenvalue weighted by Crippen LogP contribution is -2.32. The molecule has 0 unspecified atom stereocenters. The van der Waals surface area contributed by atoms with Gasteiger partial charge in [0.1, 0.15) is 27.3 Å². The van der Waals surface area contributed by atoms with E-state index in [-0.39, 0.29) is 17.5 Å². The Balaban J connectivity index is 1.69. The molecule has 1 saturated carbocycles. The minimum absolute atomic E-state index is 0.157. The Bertz CT molecular complexity index is 569. The maximum Gasteiger partial charge on any atom is 0.150 e. The molecule has 2 fully saturated rings. The largest absolute Gasteiger partial charge is 0.384 e. The van der Waals surface area contributed by atoms with Crippen LogP contribution in [0.15, 0.2) is 6.07 Å². The standard InChI is InChI=1S/C12H18N4O2S/c13-10-7-11(16-12(15-10)8-1-2-8)14-9-3-5-19(17,18)6-4-9/h7-9H,1-6H2,(H3,13,14,15,16). The Hall–Kier alpha value is -1.37. The number of nitrogens with zero attached hydrogens (tertiary/aromatic N) is 2. The third-order valence-electron chi connectivity index (χ3n) is 3.61. The molecule has 1 aromatic rings. The van der Waals surface area contributed by atoms with E-state index in [0.717, 1.165) is 24.5 Å². The van der Waals surface area contributed by atoms with Crippen LogP contribution in [0.2, 0.25) is 0 Å². The van der Waals surface area contributed by atoms with Crippen LogP contribution in [0.3, 0.4) is 0 Å². The van der Waals surface area contributed by atoms with Crippen molar-refractivity contribution in [2.45, 2.75) is 37.6 Å². The quantitative estimate of drug-likeness (QED) is 0.855. The van der Waals surface area contributed by atoms with Gasteiger partial charge in [-0.2, -0.15) is 0 Å². The van der Waals surface area contributed by atoms with Crippen molar-refractivity contribution < 1.29 is 8.42 Å². The van der Waals surface area contributed by atoms with E-state index in [2.05, 4.69) is 15.3 Å². The average molecular weight is 282 g/mol. The molecular weight excluding hydrogens is 264 g/mol. The summed E-state index contributed by atoms with van der Waals surface area (Å²) < 4.78 is 22.8. The third-order valence-corrected chi connectivity index (χ3v) is 5.33. The Kier molecular flexibility index (Phi) is 3.08. The number of nitrogens with one attached hydrogen (secondary N) is 1. The van der Waals surface area contributed by atoms with Crippen LogP contribution >= 0.6 is 0 Å². The van der Waals surface area contributed by atoms with Crippen molar-refractivity contribution in [3.8, 4) is 0 Å². The number of sulfone groups is 1. The molecular formula is C12H18N4O2S. The highest BCUT2D eigenvalue weighted by atomic mass is 32.2. The number of hydrogen-bond donors (Lipinski definition) is 2. The molecule has 0 spiro atoms. The SMILES string of the molecule is Nc1cc(NC2CCS(=O)(=O)CC2)nc(C2CC2)n1. The Morgan fingerprint density at radius 3 is 2.47 bits per heavy atom. The van der Waals surface area contributed by atoms with E-state index in [1.807, 2.05) is 0 Å². The Labute approximate surface area is 112 Å². The van der Waals surface area contributed by atoms with Crippen LogP contribution in [0.4, 0.5) is 11.6 Å². The highest BCUT2D eigenvalue weighted by molar-refractivity contribution is 7.91. The zero-order chi connectivity index (χ0) is 13.5. The van der Waals surface area contributed by atoms with Gasteiger partial charge in [0.05, 0.1) is 11.5 Å². The van der Waals surface area contributed by atoms with Crippen molar-refractivity contribution >= 4 is 21.5 Å². The van der Waals surface area contributed by atoms with Gasteiger partial charge >= 0.3 is 0 Å². The molecule has 0 bridgehead atoms. The molecule has 2 aliphatic rings. The number of hydrogen-bond acceptors (Lipinski definition) is 6. The molecule has 104 valence electrons. The van der Waals surface area contributed by atoms with Crippen molar-refractivity contribution in [3.63, 3.8) is 0 Å². The van der Waals surface area contributed by atoms with Crippen LogP contribution in [0.1, 0.15) is 37.4 Å². The van der Waals surface area contributed by atoms with Crippen molar-refractivity contribution in [3.05, 3.63) is 11.9 Å². The lowest BCUT2D eigenvalue weighted by Gasteiger charge is -2.23. The maximum absolute atomic E-state index is 11.4. The lowest BCUT2D eigenvalue weighted by atomic mass is 10.1. The van der Waals surface area contributed by atoms with Gasteiger partial charge in [-0.05, 0) is 25.7 Å². The topological polar surface area (TPSA) is 98.0 Å². The van der Waals surface area contributed by atoms with Crippen molar-refractivity contribution in [2.24, 2.45) is 0 Å². The highest BCUT2D eigenvalue weighted by Crippen LogP contribution is 2.38. The van der Waals surface area contributed by atoms with Gasteiger partial charge in [0.15, 0.2) is 0 Å². The molecule has 3 rings (SSSR count). The predicted molar refractivity (Wildman–Crippen MR) is 73.7 cm³/mol. The second kappa shape index (κ2) is 4.63. The molecule has 0 atom stereocenters. The van der Waals surface area contributed by atoms with E-state index < -0.39 is 9.84 Å². The van der Waals surface area contributed by atoms with Gasteiger partial charge < -0.3 is 11.1 Å². The molecule has 0 amide bonds. The molecule has 2 heterocycles. The summed E-state index contributed by atoms with van der Waals surface area (Å²) in [5, 5.41) is 3.29. The summed E-state index contributed by atoms with van der Waals surface area (Å²) in [4.78, 5) is 8.72. The zero-order valence-corrected chi connectivity index (χ0v) is 11.5. The first kappa shape index (κ1) is 12.7. The van der Waals surface area contributed by atoms with Gasteiger partial charge in [-0.15, -0.1) is 0 Å². The van der Waals surface area contributed by atoms with Gasteiger partial charge in [-0.25, -0.2) is 18.4 Å². The van der Waals surface area contributed by atoms with Crippen molar-refractivity contribution in [1.82, 2.24) is 9.97 Å². The fraction of sp³-hybridized carbons (Fsp3) is 0.667. The summed E-state index contributed by atoms with van der Waals surface area (Å²) in [7, 11) is -2.83. The van der Waals surface area contributed by atoms with Gasteiger partial charge in [-0.1, -0.05) is 0 Å². The molecule has 3 N–H and O–H groups in total. The van der Waals surface area contributed by atoms with E-state index in [1.54, 1.807) is 6.07 Å². The van der Waals surface area contributed by atoms with E-state index in [1.165, 1.54) is 0 Å². The molecule has 1 aliphatic heterocycles. The molecule has 1 aromatic heterocycles. The van der Waals surface area contributed by atoms with Crippen molar-refractivity contribution in [2.75, 3.05) is 22.6 Å². The average Bonchev–Trinajstić information content (AvgIpc) is 3.15. The number of nitrogen functional groups attached to an aromatic ring is 1. The fourth-order valence-corrected chi connectivity index (χ4v) is 3.82. The number of rotatable bonds is 3. The minimum Gasteiger partial charge on any atom is -0.384 e. The summed E-state index contributed by atoms with van der Waals surface area (Å²) in [5.41, 5.74) is 5.79. The monoisotopic (exact) mass is 282 g/mol. The van der Waals surface area contributed by atoms with Gasteiger partial charge in [0.2, 0.25) is 0 Å². The van der Waals surface area contributed by atoms with Crippen LogP contribution in [0.25, 0.3) is 0 Å². The molecule has 1 aliphatic carbocycles. The fourth-order valence-electron chi connectivity index (χ4n) is 2.33. The van der Waals surface area contributed by atoms with Gasteiger partial charge in [0.25, 0.3) is 0 Å².